The lowest BCUT2D eigenvalue weighted by molar-refractivity contribution is 0.476. The fraction of sp³-hybridized carbons (Fsp3) is 0.143. The first-order valence-corrected chi connectivity index (χ1v) is 6.32. The fourth-order valence-electron chi connectivity index (χ4n) is 1.56. The van der Waals surface area contributed by atoms with E-state index in [-0.39, 0.29) is 5.82 Å². The van der Waals surface area contributed by atoms with Crippen molar-refractivity contribution < 1.29 is 9.13 Å². The van der Waals surface area contributed by atoms with Crippen LogP contribution >= 0.6 is 15.9 Å². The van der Waals surface area contributed by atoms with Gasteiger partial charge in [0.25, 0.3) is 0 Å². The second-order valence-electron chi connectivity index (χ2n) is 3.98. The third-order valence-electron chi connectivity index (χ3n) is 2.59. The van der Waals surface area contributed by atoms with Crippen LogP contribution in [0, 0.1) is 12.7 Å². The predicted octanol–water partition coefficient (Wildman–Crippen LogP) is 4.15. The lowest BCUT2D eigenvalue weighted by Gasteiger charge is -2.09. The molecule has 2 rings (SSSR count). The summed E-state index contributed by atoms with van der Waals surface area (Å²) in [5.74, 6) is 1.05. The number of rotatable bonds is 3. The Balaban J connectivity index is 2.25. The molecule has 0 fully saturated rings. The standard InChI is InChI=1S/C14H13BrFNO/c1-9-6-11(3-4-13(9)16)18-14-5-2-10(8-17)7-12(14)15/h2-7H,8,17H2,1H3. The Morgan fingerprint density at radius 1 is 1.22 bits per heavy atom. The summed E-state index contributed by atoms with van der Waals surface area (Å²) in [5.41, 5.74) is 7.13. The molecule has 0 saturated carbocycles. The third kappa shape index (κ3) is 2.89. The van der Waals surface area contributed by atoms with Crippen LogP contribution in [0.3, 0.4) is 0 Å². The van der Waals surface area contributed by atoms with Crippen molar-refractivity contribution in [3.63, 3.8) is 0 Å². The highest BCUT2D eigenvalue weighted by Gasteiger charge is 2.05. The number of hydrogen-bond donors (Lipinski definition) is 1. The van der Waals surface area contributed by atoms with Crippen LogP contribution in [-0.4, -0.2) is 0 Å². The average molecular weight is 310 g/mol. The van der Waals surface area contributed by atoms with Gasteiger partial charge in [0.05, 0.1) is 4.47 Å². The van der Waals surface area contributed by atoms with Gasteiger partial charge in [-0.25, -0.2) is 4.39 Å². The molecule has 4 heteroatoms. The molecular weight excluding hydrogens is 297 g/mol. The highest BCUT2D eigenvalue weighted by atomic mass is 79.9. The molecule has 0 aliphatic carbocycles. The predicted molar refractivity (Wildman–Crippen MR) is 73.2 cm³/mol. The van der Waals surface area contributed by atoms with Crippen LogP contribution in [0.15, 0.2) is 40.9 Å². The van der Waals surface area contributed by atoms with Crippen molar-refractivity contribution >= 4 is 15.9 Å². The molecule has 94 valence electrons. The van der Waals surface area contributed by atoms with Crippen LogP contribution in [0.1, 0.15) is 11.1 Å². The van der Waals surface area contributed by atoms with Crippen molar-refractivity contribution in [2.75, 3.05) is 0 Å². The van der Waals surface area contributed by atoms with E-state index in [2.05, 4.69) is 15.9 Å². The SMILES string of the molecule is Cc1cc(Oc2ccc(CN)cc2Br)ccc1F. The van der Waals surface area contributed by atoms with Gasteiger partial charge in [0.2, 0.25) is 0 Å². The van der Waals surface area contributed by atoms with Gasteiger partial charge < -0.3 is 10.5 Å². The molecule has 0 heterocycles. The minimum Gasteiger partial charge on any atom is -0.456 e. The van der Waals surface area contributed by atoms with Gasteiger partial charge in [-0.3, -0.25) is 0 Å². The highest BCUT2D eigenvalue weighted by Crippen LogP contribution is 2.31. The van der Waals surface area contributed by atoms with Crippen molar-refractivity contribution in [1.29, 1.82) is 0 Å². The quantitative estimate of drug-likeness (QED) is 0.924. The lowest BCUT2D eigenvalue weighted by atomic mass is 10.2. The van der Waals surface area contributed by atoms with E-state index in [0.717, 1.165) is 10.0 Å². The van der Waals surface area contributed by atoms with Crippen molar-refractivity contribution in [3.8, 4) is 11.5 Å². The van der Waals surface area contributed by atoms with Gasteiger partial charge in [-0.05, 0) is 64.3 Å². The van der Waals surface area contributed by atoms with Crippen LogP contribution in [0.2, 0.25) is 0 Å². The van der Waals surface area contributed by atoms with E-state index in [9.17, 15) is 4.39 Å². The van der Waals surface area contributed by atoms with Crippen molar-refractivity contribution in [1.82, 2.24) is 0 Å². The van der Waals surface area contributed by atoms with E-state index in [0.29, 0.717) is 23.6 Å². The Morgan fingerprint density at radius 3 is 2.61 bits per heavy atom. The zero-order valence-electron chi connectivity index (χ0n) is 9.91. The van der Waals surface area contributed by atoms with E-state index < -0.39 is 0 Å². The molecule has 0 saturated heterocycles. The second kappa shape index (κ2) is 5.50. The zero-order valence-corrected chi connectivity index (χ0v) is 11.5. The van der Waals surface area contributed by atoms with Gasteiger partial charge in [0.15, 0.2) is 0 Å². The molecule has 0 aliphatic rings. The fourth-order valence-corrected chi connectivity index (χ4v) is 2.07. The lowest BCUT2D eigenvalue weighted by Crippen LogP contribution is -1.96. The Labute approximate surface area is 114 Å². The van der Waals surface area contributed by atoms with Crippen molar-refractivity contribution in [2.24, 2.45) is 5.73 Å². The summed E-state index contributed by atoms with van der Waals surface area (Å²) < 4.78 is 19.7. The molecule has 0 radical (unpaired) electrons. The average Bonchev–Trinajstić information content (AvgIpc) is 2.36. The number of aryl methyl sites for hydroxylation is 1. The first kappa shape index (κ1) is 13.1. The van der Waals surface area contributed by atoms with Gasteiger partial charge in [0.1, 0.15) is 17.3 Å². The molecule has 0 unspecified atom stereocenters. The van der Waals surface area contributed by atoms with E-state index >= 15 is 0 Å². The molecule has 2 aromatic carbocycles. The van der Waals surface area contributed by atoms with Crippen molar-refractivity contribution in [3.05, 3.63) is 57.8 Å². The first-order chi connectivity index (χ1) is 8.60. The summed E-state index contributed by atoms with van der Waals surface area (Å²) in [6.07, 6.45) is 0. The minimum absolute atomic E-state index is 0.236. The second-order valence-corrected chi connectivity index (χ2v) is 4.84. The summed E-state index contributed by atoms with van der Waals surface area (Å²) in [6, 6.07) is 10.3. The molecule has 0 atom stereocenters. The normalized spacial score (nSPS) is 10.4. The van der Waals surface area contributed by atoms with Crippen LogP contribution in [0.25, 0.3) is 0 Å². The molecule has 0 aromatic heterocycles. The van der Waals surface area contributed by atoms with E-state index in [1.165, 1.54) is 6.07 Å². The first-order valence-electron chi connectivity index (χ1n) is 5.52. The maximum atomic E-state index is 13.1. The molecule has 2 aromatic rings. The van der Waals surface area contributed by atoms with Gasteiger partial charge in [-0.2, -0.15) is 0 Å². The molecule has 0 bridgehead atoms. The Hall–Kier alpha value is -1.39. The molecule has 0 amide bonds. The molecular formula is C14H13BrFNO. The van der Waals surface area contributed by atoms with Crippen LogP contribution in [0.4, 0.5) is 4.39 Å². The van der Waals surface area contributed by atoms with Crippen molar-refractivity contribution in [2.45, 2.75) is 13.5 Å². The summed E-state index contributed by atoms with van der Waals surface area (Å²) in [5, 5.41) is 0. The third-order valence-corrected chi connectivity index (χ3v) is 3.21. The number of halogens is 2. The maximum Gasteiger partial charge on any atom is 0.141 e. The molecule has 18 heavy (non-hydrogen) atoms. The Bertz CT molecular complexity index is 572. The smallest absolute Gasteiger partial charge is 0.141 e. The van der Waals surface area contributed by atoms with Crippen LogP contribution in [-0.2, 0) is 6.54 Å². The monoisotopic (exact) mass is 309 g/mol. The summed E-state index contributed by atoms with van der Waals surface area (Å²) in [6.45, 7) is 2.18. The molecule has 0 aliphatic heterocycles. The van der Waals surface area contributed by atoms with Gasteiger partial charge in [-0.1, -0.05) is 6.07 Å². The van der Waals surface area contributed by atoms with Gasteiger partial charge >= 0.3 is 0 Å². The topological polar surface area (TPSA) is 35.2 Å². The van der Waals surface area contributed by atoms with Crippen LogP contribution < -0.4 is 10.5 Å². The van der Waals surface area contributed by atoms with Crippen LogP contribution in [0.5, 0.6) is 11.5 Å². The number of nitrogens with two attached hydrogens (primary N) is 1. The Kier molecular flexibility index (Phi) is 3.99. The number of ether oxygens (including phenoxy) is 1. The number of benzene rings is 2. The highest BCUT2D eigenvalue weighted by molar-refractivity contribution is 9.10. The Morgan fingerprint density at radius 2 is 2.00 bits per heavy atom. The summed E-state index contributed by atoms with van der Waals surface area (Å²) in [7, 11) is 0. The number of hydrogen-bond acceptors (Lipinski definition) is 2. The van der Waals surface area contributed by atoms with E-state index in [1.54, 1.807) is 19.1 Å². The summed E-state index contributed by atoms with van der Waals surface area (Å²) >= 11 is 3.42. The molecule has 2 N–H and O–H groups in total. The summed E-state index contributed by atoms with van der Waals surface area (Å²) in [4.78, 5) is 0. The van der Waals surface area contributed by atoms with Gasteiger partial charge in [0, 0.05) is 6.54 Å². The maximum absolute atomic E-state index is 13.1. The van der Waals surface area contributed by atoms with E-state index in [1.807, 2.05) is 18.2 Å². The molecule has 0 spiro atoms. The van der Waals surface area contributed by atoms with Gasteiger partial charge in [-0.15, -0.1) is 0 Å². The molecule has 2 nitrogen and oxygen atoms in total. The van der Waals surface area contributed by atoms with E-state index in [4.69, 9.17) is 10.5 Å². The zero-order chi connectivity index (χ0) is 13.1. The minimum atomic E-state index is -0.236. The largest absolute Gasteiger partial charge is 0.456 e.